The molecule has 2 aliphatic heterocycles. The van der Waals surface area contributed by atoms with Crippen LogP contribution in [0.25, 0.3) is 11.4 Å². The molecule has 2 aromatic rings. The van der Waals surface area contributed by atoms with Gasteiger partial charge >= 0.3 is 0 Å². The van der Waals surface area contributed by atoms with E-state index in [-0.39, 0.29) is 17.7 Å². The smallest absolute Gasteiger partial charge is 0.233 e. The van der Waals surface area contributed by atoms with Gasteiger partial charge in [0.05, 0.1) is 12.2 Å². The van der Waals surface area contributed by atoms with E-state index >= 15 is 0 Å². The number of hydrogen-bond donors (Lipinski definition) is 0. The molecule has 1 aromatic heterocycles. The Labute approximate surface area is 158 Å². The average Bonchev–Trinajstić information content (AvgIpc) is 3.10. The molecular weight excluding hydrogens is 368 g/mol. The van der Waals surface area contributed by atoms with Gasteiger partial charge in [0, 0.05) is 37.7 Å². The summed E-state index contributed by atoms with van der Waals surface area (Å²) in [4.78, 5) is 18.9. The SMILES string of the molecule is CS(=O)(=O)N1CCC(C(=O)N2CC(c3nc(-c4ccccc4)no3)C2)CC1. The van der Waals surface area contributed by atoms with Crippen LogP contribution in [0.3, 0.4) is 0 Å². The van der Waals surface area contributed by atoms with Crippen LogP contribution in [-0.4, -0.2) is 66.1 Å². The monoisotopic (exact) mass is 390 g/mol. The van der Waals surface area contributed by atoms with E-state index in [0.717, 1.165) is 5.56 Å². The number of likely N-dealkylation sites (tertiary alicyclic amines) is 1. The number of carbonyl (C=O) groups is 1. The summed E-state index contributed by atoms with van der Waals surface area (Å²) in [5, 5.41) is 4.03. The molecule has 0 bridgehead atoms. The molecule has 0 unspecified atom stereocenters. The summed E-state index contributed by atoms with van der Waals surface area (Å²) in [5.41, 5.74) is 0.900. The normalized spacial score (nSPS) is 19.8. The van der Waals surface area contributed by atoms with Crippen LogP contribution < -0.4 is 0 Å². The van der Waals surface area contributed by atoms with Crippen molar-refractivity contribution in [3.63, 3.8) is 0 Å². The van der Waals surface area contributed by atoms with E-state index in [1.807, 2.05) is 30.3 Å². The van der Waals surface area contributed by atoms with Gasteiger partial charge in [0.15, 0.2) is 0 Å². The number of carbonyl (C=O) groups excluding carboxylic acids is 1. The molecule has 2 fully saturated rings. The quantitative estimate of drug-likeness (QED) is 0.781. The number of nitrogens with zero attached hydrogens (tertiary/aromatic N) is 4. The summed E-state index contributed by atoms with van der Waals surface area (Å²) in [7, 11) is -3.17. The molecule has 0 saturated carbocycles. The van der Waals surface area contributed by atoms with Gasteiger partial charge in [0.2, 0.25) is 27.6 Å². The van der Waals surface area contributed by atoms with Crippen molar-refractivity contribution in [2.24, 2.45) is 5.92 Å². The Morgan fingerprint density at radius 1 is 1.15 bits per heavy atom. The molecule has 1 aromatic carbocycles. The van der Waals surface area contributed by atoms with Crippen molar-refractivity contribution in [2.75, 3.05) is 32.4 Å². The lowest BCUT2D eigenvalue weighted by Crippen LogP contribution is -2.52. The van der Waals surface area contributed by atoms with Crippen molar-refractivity contribution < 1.29 is 17.7 Å². The Kier molecular flexibility index (Phi) is 4.73. The zero-order chi connectivity index (χ0) is 19.0. The van der Waals surface area contributed by atoms with Crippen molar-refractivity contribution in [3.05, 3.63) is 36.2 Å². The minimum Gasteiger partial charge on any atom is -0.341 e. The molecule has 3 heterocycles. The second-order valence-corrected chi connectivity index (χ2v) is 9.18. The van der Waals surface area contributed by atoms with Gasteiger partial charge in [-0.05, 0) is 12.8 Å². The summed E-state index contributed by atoms with van der Waals surface area (Å²) in [6, 6.07) is 9.62. The zero-order valence-corrected chi connectivity index (χ0v) is 15.9. The Morgan fingerprint density at radius 2 is 1.81 bits per heavy atom. The Bertz CT molecular complexity index is 914. The maximum Gasteiger partial charge on any atom is 0.233 e. The molecule has 1 amide bonds. The van der Waals surface area contributed by atoms with Gasteiger partial charge < -0.3 is 9.42 Å². The van der Waals surface area contributed by atoms with Crippen LogP contribution in [0.15, 0.2) is 34.9 Å². The van der Waals surface area contributed by atoms with Gasteiger partial charge in [-0.3, -0.25) is 4.79 Å². The third-order valence-corrected chi connectivity index (χ3v) is 6.59. The predicted molar refractivity (Wildman–Crippen MR) is 98.2 cm³/mol. The van der Waals surface area contributed by atoms with Crippen LogP contribution in [0.2, 0.25) is 0 Å². The molecular formula is C18H22N4O4S. The third-order valence-electron chi connectivity index (χ3n) is 5.29. The first-order valence-corrected chi connectivity index (χ1v) is 10.9. The Hall–Kier alpha value is -2.26. The third kappa shape index (κ3) is 3.74. The standard InChI is InChI=1S/C18H22N4O4S/c1-27(24,25)22-9-7-14(8-10-22)18(23)21-11-15(12-21)17-19-16(20-26-17)13-5-3-2-4-6-13/h2-6,14-15H,7-12H2,1H3. The van der Waals surface area contributed by atoms with Crippen molar-refractivity contribution in [3.8, 4) is 11.4 Å². The molecule has 0 atom stereocenters. The molecule has 27 heavy (non-hydrogen) atoms. The molecule has 0 N–H and O–H groups in total. The average molecular weight is 390 g/mol. The van der Waals surface area contributed by atoms with Crippen LogP contribution in [0, 0.1) is 5.92 Å². The van der Waals surface area contributed by atoms with Crippen LogP contribution in [0.1, 0.15) is 24.7 Å². The van der Waals surface area contributed by atoms with Crippen molar-refractivity contribution in [1.82, 2.24) is 19.3 Å². The highest BCUT2D eigenvalue weighted by atomic mass is 32.2. The van der Waals surface area contributed by atoms with Gasteiger partial charge in [0.1, 0.15) is 0 Å². The fraction of sp³-hybridized carbons (Fsp3) is 0.500. The van der Waals surface area contributed by atoms with Gasteiger partial charge in [-0.25, -0.2) is 12.7 Å². The maximum absolute atomic E-state index is 12.6. The second kappa shape index (κ2) is 7.05. The highest BCUT2D eigenvalue weighted by Gasteiger charge is 2.39. The molecule has 4 rings (SSSR count). The van der Waals surface area contributed by atoms with Crippen LogP contribution in [0.5, 0.6) is 0 Å². The number of piperidine rings is 1. The molecule has 2 saturated heterocycles. The summed E-state index contributed by atoms with van der Waals surface area (Å²) in [5.74, 6) is 1.18. The van der Waals surface area contributed by atoms with Crippen LogP contribution in [0.4, 0.5) is 0 Å². The Morgan fingerprint density at radius 3 is 2.44 bits per heavy atom. The minimum absolute atomic E-state index is 0.0648. The molecule has 144 valence electrons. The number of hydrogen-bond acceptors (Lipinski definition) is 6. The maximum atomic E-state index is 12.6. The number of rotatable bonds is 4. The van der Waals surface area contributed by atoms with Gasteiger partial charge in [-0.2, -0.15) is 4.98 Å². The minimum atomic E-state index is -3.17. The summed E-state index contributed by atoms with van der Waals surface area (Å²) < 4.78 is 30.0. The lowest BCUT2D eigenvalue weighted by molar-refractivity contribution is -0.141. The molecule has 8 nitrogen and oxygen atoms in total. The highest BCUT2D eigenvalue weighted by molar-refractivity contribution is 7.88. The molecule has 2 aliphatic rings. The number of aromatic nitrogens is 2. The van der Waals surface area contributed by atoms with E-state index in [4.69, 9.17) is 4.52 Å². The molecule has 0 spiro atoms. The van der Waals surface area contributed by atoms with E-state index in [1.165, 1.54) is 10.6 Å². The zero-order valence-electron chi connectivity index (χ0n) is 15.1. The van der Waals surface area contributed by atoms with E-state index in [1.54, 1.807) is 4.90 Å². The molecule has 0 radical (unpaired) electrons. The van der Waals surface area contributed by atoms with Crippen molar-refractivity contribution in [2.45, 2.75) is 18.8 Å². The van der Waals surface area contributed by atoms with Crippen LogP contribution in [-0.2, 0) is 14.8 Å². The van der Waals surface area contributed by atoms with Crippen LogP contribution >= 0.6 is 0 Å². The fourth-order valence-corrected chi connectivity index (χ4v) is 4.49. The number of benzene rings is 1. The van der Waals surface area contributed by atoms with E-state index < -0.39 is 10.0 Å². The van der Waals surface area contributed by atoms with Crippen molar-refractivity contribution >= 4 is 15.9 Å². The second-order valence-electron chi connectivity index (χ2n) is 7.20. The Balaban J connectivity index is 1.31. The first-order chi connectivity index (χ1) is 12.9. The van der Waals surface area contributed by atoms with Crippen molar-refractivity contribution in [1.29, 1.82) is 0 Å². The molecule has 0 aliphatic carbocycles. The lowest BCUT2D eigenvalue weighted by atomic mass is 9.92. The van der Waals surface area contributed by atoms with Gasteiger partial charge in [0.25, 0.3) is 0 Å². The highest BCUT2D eigenvalue weighted by Crippen LogP contribution is 2.31. The fourth-order valence-electron chi connectivity index (χ4n) is 3.61. The summed E-state index contributed by atoms with van der Waals surface area (Å²) in [6.07, 6.45) is 2.36. The number of sulfonamides is 1. The number of amides is 1. The first-order valence-electron chi connectivity index (χ1n) is 9.05. The topological polar surface area (TPSA) is 96.6 Å². The van der Waals surface area contributed by atoms with Gasteiger partial charge in [-0.15, -0.1) is 0 Å². The molecule has 9 heteroatoms. The summed E-state index contributed by atoms with van der Waals surface area (Å²) >= 11 is 0. The first kappa shape index (κ1) is 18.1. The predicted octanol–water partition coefficient (Wildman–Crippen LogP) is 1.33. The summed E-state index contributed by atoms with van der Waals surface area (Å²) in [6.45, 7) is 1.97. The van der Waals surface area contributed by atoms with Gasteiger partial charge in [-0.1, -0.05) is 35.5 Å². The van der Waals surface area contributed by atoms with E-state index in [0.29, 0.717) is 50.7 Å². The largest absolute Gasteiger partial charge is 0.341 e. The van der Waals surface area contributed by atoms with E-state index in [2.05, 4.69) is 10.1 Å². The lowest BCUT2D eigenvalue weighted by Gasteiger charge is -2.40. The van der Waals surface area contributed by atoms with E-state index in [9.17, 15) is 13.2 Å².